The molecule has 0 N–H and O–H groups in total. The predicted molar refractivity (Wildman–Crippen MR) is 147 cm³/mol. The normalized spacial score (nSPS) is 10.8. The number of benzene rings is 2. The summed E-state index contributed by atoms with van der Waals surface area (Å²) in [6, 6.07) is 16.3. The summed E-state index contributed by atoms with van der Waals surface area (Å²) >= 11 is 0. The third-order valence-corrected chi connectivity index (χ3v) is 5.84. The summed E-state index contributed by atoms with van der Waals surface area (Å²) in [6.07, 6.45) is 19.3. The Labute approximate surface area is 208 Å². The van der Waals surface area contributed by atoms with Gasteiger partial charge >= 0.3 is 0 Å². The molecule has 0 saturated carbocycles. The van der Waals surface area contributed by atoms with Crippen molar-refractivity contribution in [3.05, 3.63) is 65.7 Å². The molecule has 0 heterocycles. The van der Waals surface area contributed by atoms with Gasteiger partial charge in [0.15, 0.2) is 0 Å². The monoisotopic (exact) mass is 460 g/mol. The average molecular weight is 461 g/mol. The molecular formula is C32H44O2. The molecule has 0 bridgehead atoms. The van der Waals surface area contributed by atoms with Crippen molar-refractivity contribution in [2.45, 2.75) is 90.9 Å². The van der Waals surface area contributed by atoms with Crippen LogP contribution in [0.2, 0.25) is 0 Å². The van der Waals surface area contributed by atoms with Crippen LogP contribution in [0.3, 0.4) is 0 Å². The highest BCUT2D eigenvalue weighted by molar-refractivity contribution is 5.54. The SMILES string of the molecule is CCCCCCCCOc1ccc(C#C/C=C/c2ccc(OCCCCCCCC)cc2)cc1. The standard InChI is InChI=1S/C32H44O2/c1-3-5-7-9-11-15-27-33-31-23-19-29(20-24-31)17-13-14-18-30-21-25-32(26-22-30)34-28-16-12-10-8-6-4-2/h13,17,19-26H,3-12,15-16,27-28H2,1-2H3/b17-13+. The molecule has 184 valence electrons. The van der Waals surface area contributed by atoms with Crippen LogP contribution in [0, 0.1) is 11.8 Å². The maximum atomic E-state index is 5.85. The van der Waals surface area contributed by atoms with E-state index in [1.165, 1.54) is 64.2 Å². The molecule has 0 aliphatic carbocycles. The molecule has 2 nitrogen and oxygen atoms in total. The summed E-state index contributed by atoms with van der Waals surface area (Å²) < 4.78 is 11.7. The maximum absolute atomic E-state index is 5.85. The summed E-state index contributed by atoms with van der Waals surface area (Å²) in [7, 11) is 0. The number of hydrogen-bond acceptors (Lipinski definition) is 2. The lowest BCUT2D eigenvalue weighted by atomic mass is 10.1. The molecule has 2 aromatic rings. The average Bonchev–Trinajstić information content (AvgIpc) is 2.87. The minimum atomic E-state index is 0.794. The Morgan fingerprint density at radius 3 is 1.59 bits per heavy atom. The van der Waals surface area contributed by atoms with E-state index in [0.29, 0.717) is 0 Å². The zero-order valence-corrected chi connectivity index (χ0v) is 21.5. The van der Waals surface area contributed by atoms with Crippen LogP contribution in [0.5, 0.6) is 11.5 Å². The third-order valence-electron chi connectivity index (χ3n) is 5.84. The van der Waals surface area contributed by atoms with E-state index >= 15 is 0 Å². The van der Waals surface area contributed by atoms with Gasteiger partial charge in [0.05, 0.1) is 13.2 Å². The fraction of sp³-hybridized carbons (Fsp3) is 0.500. The highest BCUT2D eigenvalue weighted by atomic mass is 16.5. The van der Waals surface area contributed by atoms with Crippen LogP contribution in [-0.4, -0.2) is 13.2 Å². The Morgan fingerprint density at radius 2 is 1.06 bits per heavy atom. The Bertz CT molecular complexity index is 837. The first kappa shape index (κ1) is 27.6. The van der Waals surface area contributed by atoms with Gasteiger partial charge in [-0.2, -0.15) is 0 Å². The van der Waals surface area contributed by atoms with E-state index in [2.05, 4.69) is 37.8 Å². The van der Waals surface area contributed by atoms with Gasteiger partial charge in [-0.05, 0) is 67.0 Å². The van der Waals surface area contributed by atoms with Crippen LogP contribution < -0.4 is 9.47 Å². The maximum Gasteiger partial charge on any atom is 0.119 e. The van der Waals surface area contributed by atoms with E-state index in [9.17, 15) is 0 Å². The largest absolute Gasteiger partial charge is 0.494 e. The van der Waals surface area contributed by atoms with E-state index in [-0.39, 0.29) is 0 Å². The number of ether oxygens (including phenoxy) is 2. The first-order chi connectivity index (χ1) is 16.8. The molecule has 2 aromatic carbocycles. The highest BCUT2D eigenvalue weighted by Crippen LogP contribution is 2.15. The molecule has 0 aliphatic heterocycles. The second kappa shape index (κ2) is 18.7. The van der Waals surface area contributed by atoms with Crippen LogP contribution in [0.15, 0.2) is 54.6 Å². The molecule has 0 saturated heterocycles. The molecule has 34 heavy (non-hydrogen) atoms. The van der Waals surface area contributed by atoms with Gasteiger partial charge in [0.1, 0.15) is 11.5 Å². The Kier molecular flexibility index (Phi) is 15.2. The van der Waals surface area contributed by atoms with Crippen molar-refractivity contribution in [2.75, 3.05) is 13.2 Å². The van der Waals surface area contributed by atoms with E-state index in [1.807, 2.05) is 48.6 Å². The number of allylic oxidation sites excluding steroid dienone is 1. The number of unbranched alkanes of at least 4 members (excludes halogenated alkanes) is 10. The van der Waals surface area contributed by atoms with Gasteiger partial charge in [-0.3, -0.25) is 0 Å². The zero-order valence-electron chi connectivity index (χ0n) is 21.5. The minimum absolute atomic E-state index is 0.794. The van der Waals surface area contributed by atoms with Gasteiger partial charge in [0.25, 0.3) is 0 Å². The van der Waals surface area contributed by atoms with Crippen LogP contribution in [0.4, 0.5) is 0 Å². The van der Waals surface area contributed by atoms with Crippen LogP contribution in [-0.2, 0) is 0 Å². The van der Waals surface area contributed by atoms with Crippen molar-refractivity contribution >= 4 is 6.08 Å². The van der Waals surface area contributed by atoms with Crippen molar-refractivity contribution in [3.63, 3.8) is 0 Å². The first-order valence-electron chi connectivity index (χ1n) is 13.5. The van der Waals surface area contributed by atoms with E-state index in [1.54, 1.807) is 0 Å². The lowest BCUT2D eigenvalue weighted by molar-refractivity contribution is 0.304. The van der Waals surface area contributed by atoms with Crippen molar-refractivity contribution in [2.24, 2.45) is 0 Å². The van der Waals surface area contributed by atoms with Gasteiger partial charge in [-0.15, -0.1) is 0 Å². The van der Waals surface area contributed by atoms with Crippen molar-refractivity contribution < 1.29 is 9.47 Å². The fourth-order valence-electron chi connectivity index (χ4n) is 3.72. The third kappa shape index (κ3) is 13.1. The smallest absolute Gasteiger partial charge is 0.119 e. The molecule has 0 atom stereocenters. The second-order valence-corrected chi connectivity index (χ2v) is 8.93. The zero-order chi connectivity index (χ0) is 24.1. The molecule has 0 fully saturated rings. The van der Waals surface area contributed by atoms with Gasteiger partial charge in [0, 0.05) is 5.56 Å². The second-order valence-electron chi connectivity index (χ2n) is 8.93. The van der Waals surface area contributed by atoms with E-state index in [4.69, 9.17) is 9.47 Å². The molecule has 0 radical (unpaired) electrons. The molecule has 0 aromatic heterocycles. The molecule has 2 rings (SSSR count). The number of rotatable bonds is 17. The van der Waals surface area contributed by atoms with Crippen LogP contribution >= 0.6 is 0 Å². The number of hydrogen-bond donors (Lipinski definition) is 0. The first-order valence-corrected chi connectivity index (χ1v) is 13.5. The van der Waals surface area contributed by atoms with Crippen molar-refractivity contribution in [1.29, 1.82) is 0 Å². The minimum Gasteiger partial charge on any atom is -0.494 e. The Hall–Kier alpha value is -2.66. The summed E-state index contributed by atoms with van der Waals surface area (Å²) in [6.45, 7) is 6.10. The van der Waals surface area contributed by atoms with Gasteiger partial charge < -0.3 is 9.47 Å². The van der Waals surface area contributed by atoms with Crippen molar-refractivity contribution in [1.82, 2.24) is 0 Å². The quantitative estimate of drug-likeness (QED) is 0.173. The Balaban J connectivity index is 1.64. The van der Waals surface area contributed by atoms with E-state index in [0.717, 1.165) is 48.7 Å². The molecule has 0 aliphatic rings. The highest BCUT2D eigenvalue weighted by Gasteiger charge is 1.96. The molecule has 0 amide bonds. The van der Waals surface area contributed by atoms with E-state index < -0.39 is 0 Å². The molecule has 0 spiro atoms. The summed E-state index contributed by atoms with van der Waals surface area (Å²) in [5.74, 6) is 8.17. The molecule has 0 unspecified atom stereocenters. The molecule has 2 heteroatoms. The lowest BCUT2D eigenvalue weighted by Gasteiger charge is -2.06. The van der Waals surface area contributed by atoms with Crippen LogP contribution in [0.1, 0.15) is 102 Å². The summed E-state index contributed by atoms with van der Waals surface area (Å²) in [5.41, 5.74) is 2.12. The molecular weight excluding hydrogens is 416 g/mol. The van der Waals surface area contributed by atoms with Crippen molar-refractivity contribution in [3.8, 4) is 23.3 Å². The summed E-state index contributed by atoms with van der Waals surface area (Å²) in [5, 5.41) is 0. The van der Waals surface area contributed by atoms with Gasteiger partial charge in [-0.1, -0.05) is 102 Å². The Morgan fingerprint density at radius 1 is 0.588 bits per heavy atom. The van der Waals surface area contributed by atoms with Gasteiger partial charge in [-0.25, -0.2) is 0 Å². The van der Waals surface area contributed by atoms with Crippen LogP contribution in [0.25, 0.3) is 6.08 Å². The summed E-state index contributed by atoms with van der Waals surface area (Å²) in [4.78, 5) is 0. The lowest BCUT2D eigenvalue weighted by Crippen LogP contribution is -1.97. The topological polar surface area (TPSA) is 18.5 Å². The fourth-order valence-corrected chi connectivity index (χ4v) is 3.72. The predicted octanol–water partition coefficient (Wildman–Crippen LogP) is 9.23. The van der Waals surface area contributed by atoms with Gasteiger partial charge in [0.2, 0.25) is 0 Å².